The van der Waals surface area contributed by atoms with Crippen LogP contribution in [0.15, 0.2) is 68.1 Å². The van der Waals surface area contributed by atoms with E-state index in [1.807, 2.05) is 0 Å². The number of thiol groups is 2. The molecular weight excluding hydrogens is 331 g/mol. The van der Waals surface area contributed by atoms with E-state index < -0.39 is 9.84 Å². The van der Waals surface area contributed by atoms with Crippen LogP contribution < -0.4 is 0 Å². The predicted molar refractivity (Wildman–Crippen MR) is 72.8 cm³/mol. The fourth-order valence-electron chi connectivity index (χ4n) is 1.41. The van der Waals surface area contributed by atoms with Crippen molar-refractivity contribution < 1.29 is 24.9 Å². The van der Waals surface area contributed by atoms with Gasteiger partial charge in [0.25, 0.3) is 0 Å². The molecule has 2 aromatic carbocycles. The molecular formula is C12H10NiO2S3. The van der Waals surface area contributed by atoms with E-state index in [1.54, 1.807) is 36.4 Å². The summed E-state index contributed by atoms with van der Waals surface area (Å²) in [5.41, 5.74) is 0. The van der Waals surface area contributed by atoms with Crippen LogP contribution in [0.1, 0.15) is 0 Å². The summed E-state index contributed by atoms with van der Waals surface area (Å²) in [6, 6.07) is 13.0. The van der Waals surface area contributed by atoms with E-state index in [0.717, 1.165) is 0 Å². The molecule has 98 valence electrons. The Labute approximate surface area is 127 Å². The summed E-state index contributed by atoms with van der Waals surface area (Å²) in [5, 5.41) is 0. The molecule has 0 unspecified atom stereocenters. The molecule has 0 bridgehead atoms. The van der Waals surface area contributed by atoms with Gasteiger partial charge < -0.3 is 0 Å². The fraction of sp³-hybridized carbons (Fsp3) is 0. The van der Waals surface area contributed by atoms with Gasteiger partial charge in [-0.05, 0) is 30.3 Å². The van der Waals surface area contributed by atoms with E-state index in [-0.39, 0.29) is 26.3 Å². The Kier molecular flexibility index (Phi) is 5.35. The first-order valence-corrected chi connectivity index (χ1v) is 7.22. The van der Waals surface area contributed by atoms with Gasteiger partial charge in [-0.1, -0.05) is 18.2 Å². The number of hydrogen-bond acceptors (Lipinski definition) is 4. The molecule has 0 N–H and O–H groups in total. The molecule has 0 aliphatic heterocycles. The van der Waals surface area contributed by atoms with Crippen LogP contribution in [0.3, 0.4) is 0 Å². The zero-order valence-electron chi connectivity index (χ0n) is 9.05. The molecule has 18 heavy (non-hydrogen) atoms. The molecule has 0 spiro atoms. The molecule has 0 saturated heterocycles. The molecule has 2 rings (SSSR count). The second-order valence-corrected chi connectivity index (χ2v) is 6.38. The Morgan fingerprint density at radius 3 is 1.94 bits per heavy atom. The molecule has 0 aliphatic carbocycles. The first kappa shape index (κ1) is 15.6. The molecule has 2 nitrogen and oxygen atoms in total. The molecule has 0 fully saturated rings. The van der Waals surface area contributed by atoms with Crippen molar-refractivity contribution in [1.29, 1.82) is 0 Å². The van der Waals surface area contributed by atoms with Crippen LogP contribution in [-0.4, -0.2) is 8.42 Å². The van der Waals surface area contributed by atoms with E-state index in [4.69, 9.17) is 0 Å². The van der Waals surface area contributed by atoms with Gasteiger partial charge in [0, 0.05) is 26.3 Å². The van der Waals surface area contributed by atoms with Crippen molar-refractivity contribution in [2.75, 3.05) is 0 Å². The molecule has 0 amide bonds. The van der Waals surface area contributed by atoms with Gasteiger partial charge in [-0.2, -0.15) is 0 Å². The van der Waals surface area contributed by atoms with E-state index in [0.29, 0.717) is 9.79 Å². The molecule has 2 aromatic rings. The zero-order valence-corrected chi connectivity index (χ0v) is 12.6. The minimum absolute atomic E-state index is 0. The maximum absolute atomic E-state index is 12.2. The van der Waals surface area contributed by atoms with Crippen LogP contribution in [-0.2, 0) is 26.3 Å². The molecule has 0 atom stereocenters. The van der Waals surface area contributed by atoms with E-state index >= 15 is 0 Å². The average molecular weight is 341 g/mol. The second kappa shape index (κ2) is 6.15. The van der Waals surface area contributed by atoms with Crippen LogP contribution in [0.5, 0.6) is 0 Å². The van der Waals surface area contributed by atoms with Gasteiger partial charge in [-0.15, -0.1) is 25.3 Å². The van der Waals surface area contributed by atoms with Crippen molar-refractivity contribution in [3.63, 3.8) is 0 Å². The van der Waals surface area contributed by atoms with Crippen LogP contribution in [0, 0.1) is 0 Å². The third-order valence-electron chi connectivity index (χ3n) is 2.31. The third kappa shape index (κ3) is 3.12. The third-order valence-corrected chi connectivity index (χ3v) is 5.01. The van der Waals surface area contributed by atoms with Gasteiger partial charge in [0.15, 0.2) is 0 Å². The predicted octanol–water partition coefficient (Wildman–Crippen LogP) is 3.09. The molecule has 0 radical (unpaired) electrons. The first-order chi connectivity index (χ1) is 8.01. The summed E-state index contributed by atoms with van der Waals surface area (Å²) in [7, 11) is -3.46. The minimum Gasteiger partial charge on any atom is -0.219 e. The van der Waals surface area contributed by atoms with Crippen LogP contribution >= 0.6 is 25.3 Å². The smallest absolute Gasteiger partial charge is 0.206 e. The van der Waals surface area contributed by atoms with Crippen LogP contribution in [0.25, 0.3) is 0 Å². The quantitative estimate of drug-likeness (QED) is 0.650. The van der Waals surface area contributed by atoms with Gasteiger partial charge in [0.1, 0.15) is 0 Å². The Morgan fingerprint density at radius 2 is 1.39 bits per heavy atom. The van der Waals surface area contributed by atoms with Gasteiger partial charge in [0.2, 0.25) is 9.84 Å². The standard InChI is InChI=1S/C12H10O2S3.Ni/c13-17(14,9-4-2-1-3-5-9)10-6-7-11(15)12(16)8-10;/h1-8,15-16H;. The number of rotatable bonds is 2. The average Bonchev–Trinajstić information content (AvgIpc) is 2.33. The largest absolute Gasteiger partial charge is 0.219 e. The van der Waals surface area contributed by atoms with Gasteiger partial charge in [0.05, 0.1) is 9.79 Å². The van der Waals surface area contributed by atoms with Crippen molar-refractivity contribution in [2.45, 2.75) is 19.6 Å². The van der Waals surface area contributed by atoms with E-state index in [1.165, 1.54) is 12.1 Å². The molecule has 0 heterocycles. The molecule has 0 aromatic heterocycles. The van der Waals surface area contributed by atoms with Gasteiger partial charge >= 0.3 is 0 Å². The van der Waals surface area contributed by atoms with Crippen molar-refractivity contribution in [1.82, 2.24) is 0 Å². The maximum atomic E-state index is 12.2. The topological polar surface area (TPSA) is 34.1 Å². The molecule has 6 heteroatoms. The second-order valence-electron chi connectivity index (χ2n) is 3.47. The molecule has 0 saturated carbocycles. The SMILES string of the molecule is O=S(=O)(c1ccccc1)c1ccc(S)c(S)c1.[Ni]. The van der Waals surface area contributed by atoms with Gasteiger partial charge in [-0.3, -0.25) is 0 Å². The summed E-state index contributed by atoms with van der Waals surface area (Å²) < 4.78 is 24.5. The Bertz CT molecular complexity index is 640. The minimum atomic E-state index is -3.46. The van der Waals surface area contributed by atoms with Crippen molar-refractivity contribution in [3.8, 4) is 0 Å². The fourth-order valence-corrected chi connectivity index (χ4v) is 3.15. The molecule has 0 aliphatic rings. The normalized spacial score (nSPS) is 10.8. The van der Waals surface area contributed by atoms with E-state index in [9.17, 15) is 8.42 Å². The summed E-state index contributed by atoms with van der Waals surface area (Å²) >= 11 is 8.33. The summed E-state index contributed by atoms with van der Waals surface area (Å²) in [4.78, 5) is 1.71. The Morgan fingerprint density at radius 1 is 0.778 bits per heavy atom. The first-order valence-electron chi connectivity index (χ1n) is 4.84. The monoisotopic (exact) mass is 340 g/mol. The van der Waals surface area contributed by atoms with E-state index in [2.05, 4.69) is 25.3 Å². The van der Waals surface area contributed by atoms with Crippen molar-refractivity contribution in [3.05, 3.63) is 48.5 Å². The van der Waals surface area contributed by atoms with Gasteiger partial charge in [-0.25, -0.2) is 8.42 Å². The zero-order chi connectivity index (χ0) is 12.5. The summed E-state index contributed by atoms with van der Waals surface area (Å²) in [6.07, 6.45) is 0. The summed E-state index contributed by atoms with van der Waals surface area (Å²) in [6.45, 7) is 0. The number of sulfone groups is 1. The number of benzene rings is 2. The maximum Gasteiger partial charge on any atom is 0.206 e. The summed E-state index contributed by atoms with van der Waals surface area (Å²) in [5.74, 6) is 0. The Hall–Kier alpha value is -0.416. The number of hydrogen-bond donors (Lipinski definition) is 2. The van der Waals surface area contributed by atoms with Crippen molar-refractivity contribution in [2.24, 2.45) is 0 Å². The Balaban J connectivity index is 0.00000162. The van der Waals surface area contributed by atoms with Crippen LogP contribution in [0.2, 0.25) is 0 Å². The van der Waals surface area contributed by atoms with Crippen LogP contribution in [0.4, 0.5) is 0 Å². The van der Waals surface area contributed by atoms with Crippen molar-refractivity contribution >= 4 is 35.1 Å².